The predicted molar refractivity (Wildman–Crippen MR) is 57.3 cm³/mol. The zero-order valence-corrected chi connectivity index (χ0v) is 9.18. The second-order valence-corrected chi connectivity index (χ2v) is 4.26. The molecule has 14 heavy (non-hydrogen) atoms. The lowest BCUT2D eigenvalue weighted by atomic mass is 10.3. The van der Waals surface area contributed by atoms with Gasteiger partial charge < -0.3 is 0 Å². The van der Waals surface area contributed by atoms with E-state index in [1.807, 2.05) is 0 Å². The quantitative estimate of drug-likeness (QED) is 0.747. The molecule has 0 radical (unpaired) electrons. The van der Waals surface area contributed by atoms with E-state index in [4.69, 9.17) is 0 Å². The Balaban J connectivity index is 2.37. The fraction of sp³-hybridized carbons (Fsp3) is 0.250. The Hall–Kier alpha value is -1.01. The molecular weight excluding hydrogens is 216 g/mol. The van der Waals surface area contributed by atoms with Gasteiger partial charge >= 0.3 is 0 Å². The lowest BCUT2D eigenvalue weighted by Gasteiger charge is -1.96. The lowest BCUT2D eigenvalue weighted by molar-refractivity contribution is 1.15. The molecular formula is C8H8N4S2. The zero-order valence-electron chi connectivity index (χ0n) is 7.54. The van der Waals surface area contributed by atoms with Crippen LogP contribution in [0, 0.1) is 0 Å². The summed E-state index contributed by atoms with van der Waals surface area (Å²) in [7, 11) is 0. The average Bonchev–Trinajstić information content (AvgIpc) is 2.68. The predicted octanol–water partition coefficient (Wildman–Crippen LogP) is 2.11. The van der Waals surface area contributed by atoms with Crippen LogP contribution in [0.25, 0.3) is 11.3 Å². The van der Waals surface area contributed by atoms with Crippen molar-refractivity contribution in [2.75, 3.05) is 5.75 Å². The number of nitrogens with zero attached hydrogens (tertiary/aromatic N) is 4. The first-order valence-electron chi connectivity index (χ1n) is 4.12. The van der Waals surface area contributed by atoms with Gasteiger partial charge in [0, 0.05) is 18.0 Å². The van der Waals surface area contributed by atoms with Crippen molar-refractivity contribution < 1.29 is 0 Å². The van der Waals surface area contributed by atoms with E-state index in [9.17, 15) is 0 Å². The fourth-order valence-electron chi connectivity index (χ4n) is 1.01. The van der Waals surface area contributed by atoms with Crippen molar-refractivity contribution in [2.45, 2.75) is 11.9 Å². The van der Waals surface area contributed by atoms with Gasteiger partial charge in [0.15, 0.2) is 0 Å². The minimum atomic E-state index is 0.891. The third-order valence-corrected chi connectivity index (χ3v) is 3.06. The summed E-state index contributed by atoms with van der Waals surface area (Å²) in [4.78, 5) is 7.92. The van der Waals surface area contributed by atoms with Gasteiger partial charge in [0.1, 0.15) is 17.0 Å². The zero-order chi connectivity index (χ0) is 9.80. The van der Waals surface area contributed by atoms with Gasteiger partial charge in [-0.1, -0.05) is 6.92 Å². The van der Waals surface area contributed by atoms with Crippen LogP contribution in [0.4, 0.5) is 0 Å². The van der Waals surface area contributed by atoms with Crippen LogP contribution in [-0.2, 0) is 0 Å². The van der Waals surface area contributed by atoms with Crippen LogP contribution < -0.4 is 0 Å². The van der Waals surface area contributed by atoms with Crippen molar-refractivity contribution >= 4 is 23.5 Å². The molecule has 4 nitrogen and oxygen atoms in total. The summed E-state index contributed by atoms with van der Waals surface area (Å²) in [5.74, 6) is 0.992. The standard InChI is InChI=1S/C8H8N4S2/c1-2-13-8-7(11-14-12-8)6-3-9-5-10-4-6/h3-5H,2H2,1H3. The Morgan fingerprint density at radius 1 is 1.29 bits per heavy atom. The Morgan fingerprint density at radius 2 is 2.07 bits per heavy atom. The van der Waals surface area contributed by atoms with Gasteiger partial charge in [0.2, 0.25) is 0 Å². The van der Waals surface area contributed by atoms with Crippen molar-refractivity contribution in [2.24, 2.45) is 0 Å². The van der Waals surface area contributed by atoms with Gasteiger partial charge in [-0.25, -0.2) is 9.97 Å². The van der Waals surface area contributed by atoms with E-state index in [1.165, 1.54) is 18.1 Å². The Bertz CT molecular complexity index is 401. The SMILES string of the molecule is CCSc1nsnc1-c1cncnc1. The van der Waals surface area contributed by atoms with Crippen LogP contribution in [0.3, 0.4) is 0 Å². The molecule has 0 unspecified atom stereocenters. The molecule has 2 heterocycles. The molecule has 2 rings (SSSR count). The summed E-state index contributed by atoms with van der Waals surface area (Å²) in [6.45, 7) is 2.09. The number of thioether (sulfide) groups is 1. The molecule has 6 heteroatoms. The highest BCUT2D eigenvalue weighted by molar-refractivity contribution is 7.99. The summed E-state index contributed by atoms with van der Waals surface area (Å²) in [5, 5.41) is 0.965. The fourth-order valence-corrected chi connectivity index (χ4v) is 2.43. The molecule has 0 amide bonds. The summed E-state index contributed by atoms with van der Waals surface area (Å²) in [6, 6.07) is 0. The normalized spacial score (nSPS) is 10.4. The van der Waals surface area contributed by atoms with Gasteiger partial charge in [-0.3, -0.25) is 0 Å². The largest absolute Gasteiger partial charge is 0.244 e. The number of aromatic nitrogens is 4. The first kappa shape index (κ1) is 9.54. The molecule has 0 fully saturated rings. The molecule has 0 bridgehead atoms. The molecule has 0 saturated carbocycles. The van der Waals surface area contributed by atoms with E-state index in [2.05, 4.69) is 25.6 Å². The summed E-state index contributed by atoms with van der Waals surface area (Å²) < 4.78 is 8.46. The Kier molecular flexibility index (Phi) is 3.05. The second kappa shape index (κ2) is 4.47. The summed E-state index contributed by atoms with van der Waals surface area (Å²) in [5.41, 5.74) is 1.82. The molecule has 0 atom stereocenters. The third kappa shape index (κ3) is 1.91. The van der Waals surface area contributed by atoms with Crippen molar-refractivity contribution in [3.63, 3.8) is 0 Å². The molecule has 0 N–H and O–H groups in total. The molecule has 2 aromatic heterocycles. The molecule has 0 aliphatic heterocycles. The first-order valence-corrected chi connectivity index (χ1v) is 5.84. The number of rotatable bonds is 3. The summed E-state index contributed by atoms with van der Waals surface area (Å²) >= 11 is 2.91. The van der Waals surface area contributed by atoms with E-state index < -0.39 is 0 Å². The molecule has 0 spiro atoms. The Morgan fingerprint density at radius 3 is 2.79 bits per heavy atom. The maximum Gasteiger partial charge on any atom is 0.138 e. The third-order valence-electron chi connectivity index (χ3n) is 1.57. The maximum atomic E-state index is 4.23. The molecule has 72 valence electrons. The van der Waals surface area contributed by atoms with E-state index in [0.717, 1.165) is 22.0 Å². The summed E-state index contributed by atoms with van der Waals surface area (Å²) in [6.07, 6.45) is 5.02. The highest BCUT2D eigenvalue weighted by atomic mass is 32.2. The minimum Gasteiger partial charge on any atom is -0.244 e. The topological polar surface area (TPSA) is 51.6 Å². The van der Waals surface area contributed by atoms with Gasteiger partial charge in [-0.2, -0.15) is 8.75 Å². The van der Waals surface area contributed by atoms with E-state index >= 15 is 0 Å². The van der Waals surface area contributed by atoms with Crippen molar-refractivity contribution in [1.29, 1.82) is 0 Å². The molecule has 0 saturated heterocycles. The van der Waals surface area contributed by atoms with Gasteiger partial charge in [-0.05, 0) is 5.75 Å². The molecule has 0 aliphatic carbocycles. The van der Waals surface area contributed by atoms with Crippen LogP contribution in [0.5, 0.6) is 0 Å². The maximum absolute atomic E-state index is 4.23. The molecule has 0 aliphatic rings. The number of hydrogen-bond acceptors (Lipinski definition) is 6. The monoisotopic (exact) mass is 224 g/mol. The van der Waals surface area contributed by atoms with Crippen molar-refractivity contribution in [3.05, 3.63) is 18.7 Å². The first-order chi connectivity index (χ1) is 6.92. The minimum absolute atomic E-state index is 0.891. The average molecular weight is 224 g/mol. The number of hydrogen-bond donors (Lipinski definition) is 0. The van der Waals surface area contributed by atoms with E-state index in [1.54, 1.807) is 24.2 Å². The van der Waals surface area contributed by atoms with Crippen LogP contribution >= 0.6 is 23.5 Å². The van der Waals surface area contributed by atoms with Gasteiger partial charge in [0.25, 0.3) is 0 Å². The van der Waals surface area contributed by atoms with E-state index in [0.29, 0.717) is 0 Å². The highest BCUT2D eigenvalue weighted by Gasteiger charge is 2.10. The van der Waals surface area contributed by atoms with Crippen molar-refractivity contribution in [1.82, 2.24) is 18.7 Å². The van der Waals surface area contributed by atoms with Crippen LogP contribution in [0.2, 0.25) is 0 Å². The van der Waals surface area contributed by atoms with Gasteiger partial charge in [0.05, 0.1) is 11.7 Å². The second-order valence-electron chi connectivity index (χ2n) is 2.48. The molecule has 0 aromatic carbocycles. The molecule has 2 aromatic rings. The van der Waals surface area contributed by atoms with Crippen LogP contribution in [0.1, 0.15) is 6.92 Å². The smallest absolute Gasteiger partial charge is 0.138 e. The Labute approximate surface area is 90.1 Å². The van der Waals surface area contributed by atoms with Crippen molar-refractivity contribution in [3.8, 4) is 11.3 Å². The lowest BCUT2D eigenvalue weighted by Crippen LogP contribution is -1.84. The van der Waals surface area contributed by atoms with Gasteiger partial charge in [-0.15, -0.1) is 11.8 Å². The van der Waals surface area contributed by atoms with Crippen LogP contribution in [0.15, 0.2) is 23.7 Å². The highest BCUT2D eigenvalue weighted by Crippen LogP contribution is 2.28. The van der Waals surface area contributed by atoms with E-state index in [-0.39, 0.29) is 0 Å². The van der Waals surface area contributed by atoms with Crippen LogP contribution in [-0.4, -0.2) is 24.5 Å².